The van der Waals surface area contributed by atoms with E-state index >= 15 is 0 Å². The summed E-state index contributed by atoms with van der Waals surface area (Å²) in [5.74, 6) is 0. The summed E-state index contributed by atoms with van der Waals surface area (Å²) in [6.45, 7) is 3.98. The van der Waals surface area contributed by atoms with Gasteiger partial charge < -0.3 is 15.6 Å². The summed E-state index contributed by atoms with van der Waals surface area (Å²) in [5, 5.41) is 4.36. The molecule has 0 aliphatic heterocycles. The highest BCUT2D eigenvalue weighted by Crippen LogP contribution is 2.26. The fourth-order valence-corrected chi connectivity index (χ4v) is 2.06. The number of anilines is 1. The molecule has 0 aliphatic rings. The van der Waals surface area contributed by atoms with Crippen LogP contribution in [0, 0.1) is 0 Å². The Balaban J connectivity index is 2.70. The van der Waals surface area contributed by atoms with Crippen LogP contribution in [0.2, 0.25) is 0 Å². The number of fused-ring (bicyclic) bond motifs is 1. The number of aryl methyl sites for hydroxylation is 1. The molecular weight excluding hydrogens is 186 g/mol. The first-order chi connectivity index (χ1) is 7.27. The largest absolute Gasteiger partial charge is 0.398 e. The molecule has 0 spiro atoms. The molecule has 3 N–H and O–H groups in total. The lowest BCUT2D eigenvalue weighted by Gasteiger charge is -2.01. The van der Waals surface area contributed by atoms with Crippen LogP contribution in [0.1, 0.15) is 12.5 Å². The fourth-order valence-electron chi connectivity index (χ4n) is 2.06. The van der Waals surface area contributed by atoms with Crippen molar-refractivity contribution in [2.24, 2.45) is 0 Å². The second-order valence-corrected chi connectivity index (χ2v) is 3.71. The van der Waals surface area contributed by atoms with Crippen LogP contribution in [0.25, 0.3) is 10.9 Å². The lowest BCUT2D eigenvalue weighted by Crippen LogP contribution is -2.04. The minimum absolute atomic E-state index is 0.859. The standard InChI is InChI=1S/C12H17N3/c1-3-15-8-9(7-14-2)12-10(13)5-4-6-11(12)15/h4-6,8,14H,3,7,13H2,1-2H3. The Morgan fingerprint density at radius 3 is 2.87 bits per heavy atom. The molecule has 0 saturated carbocycles. The Labute approximate surface area is 89.9 Å². The van der Waals surface area contributed by atoms with Crippen LogP contribution < -0.4 is 11.1 Å². The second kappa shape index (κ2) is 3.95. The molecule has 3 nitrogen and oxygen atoms in total. The highest BCUT2D eigenvalue weighted by Gasteiger charge is 2.08. The summed E-state index contributed by atoms with van der Waals surface area (Å²) in [4.78, 5) is 0. The minimum Gasteiger partial charge on any atom is -0.398 e. The van der Waals surface area contributed by atoms with Gasteiger partial charge in [0.15, 0.2) is 0 Å². The maximum Gasteiger partial charge on any atom is 0.0504 e. The lowest BCUT2D eigenvalue weighted by atomic mass is 10.1. The van der Waals surface area contributed by atoms with Gasteiger partial charge in [0.25, 0.3) is 0 Å². The number of nitrogens with zero attached hydrogens (tertiary/aromatic N) is 1. The number of nitrogens with one attached hydrogen (secondary N) is 1. The Hall–Kier alpha value is -1.48. The van der Waals surface area contributed by atoms with Crippen LogP contribution in [-0.4, -0.2) is 11.6 Å². The molecule has 0 atom stereocenters. The van der Waals surface area contributed by atoms with E-state index in [0.717, 1.165) is 18.8 Å². The smallest absolute Gasteiger partial charge is 0.0504 e. The first-order valence-corrected chi connectivity index (χ1v) is 5.28. The van der Waals surface area contributed by atoms with E-state index in [9.17, 15) is 0 Å². The van der Waals surface area contributed by atoms with Crippen LogP contribution in [0.3, 0.4) is 0 Å². The van der Waals surface area contributed by atoms with Gasteiger partial charge in [0, 0.05) is 30.4 Å². The average Bonchev–Trinajstić information content (AvgIpc) is 2.59. The van der Waals surface area contributed by atoms with Crippen LogP contribution in [0.15, 0.2) is 24.4 Å². The third-order valence-corrected chi connectivity index (χ3v) is 2.72. The zero-order chi connectivity index (χ0) is 10.8. The Morgan fingerprint density at radius 2 is 2.20 bits per heavy atom. The van der Waals surface area contributed by atoms with Crippen molar-refractivity contribution >= 4 is 16.6 Å². The quantitative estimate of drug-likeness (QED) is 0.749. The van der Waals surface area contributed by atoms with Gasteiger partial charge in [0.2, 0.25) is 0 Å². The van der Waals surface area contributed by atoms with E-state index in [0.29, 0.717) is 0 Å². The molecule has 15 heavy (non-hydrogen) atoms. The number of nitrogens with two attached hydrogens (primary N) is 1. The van der Waals surface area contributed by atoms with Gasteiger partial charge in [0.1, 0.15) is 0 Å². The Bertz CT molecular complexity index is 471. The van der Waals surface area contributed by atoms with Gasteiger partial charge >= 0.3 is 0 Å². The molecule has 0 fully saturated rings. The maximum absolute atomic E-state index is 6.01. The lowest BCUT2D eigenvalue weighted by molar-refractivity contribution is 0.775. The van der Waals surface area contributed by atoms with Crippen molar-refractivity contribution in [1.82, 2.24) is 9.88 Å². The second-order valence-electron chi connectivity index (χ2n) is 3.71. The van der Waals surface area contributed by atoms with Gasteiger partial charge in [0.05, 0.1) is 5.52 Å². The number of hydrogen-bond acceptors (Lipinski definition) is 2. The third-order valence-electron chi connectivity index (χ3n) is 2.72. The SMILES string of the molecule is CCn1cc(CNC)c2c(N)cccc21. The molecule has 1 aromatic carbocycles. The topological polar surface area (TPSA) is 43.0 Å². The van der Waals surface area contributed by atoms with Crippen LogP contribution >= 0.6 is 0 Å². The number of aromatic nitrogens is 1. The molecule has 1 aromatic heterocycles. The van der Waals surface area contributed by atoms with Crippen molar-refractivity contribution in [3.63, 3.8) is 0 Å². The van der Waals surface area contributed by atoms with Gasteiger partial charge in [-0.15, -0.1) is 0 Å². The highest BCUT2D eigenvalue weighted by molar-refractivity contribution is 5.94. The summed E-state index contributed by atoms with van der Waals surface area (Å²) in [6.07, 6.45) is 2.18. The van der Waals surface area contributed by atoms with Gasteiger partial charge in [-0.25, -0.2) is 0 Å². The van der Waals surface area contributed by atoms with E-state index in [1.54, 1.807) is 0 Å². The van der Waals surface area contributed by atoms with E-state index in [-0.39, 0.29) is 0 Å². The monoisotopic (exact) mass is 203 g/mol. The number of rotatable bonds is 3. The zero-order valence-electron chi connectivity index (χ0n) is 9.25. The van der Waals surface area contributed by atoms with Crippen molar-refractivity contribution in [3.05, 3.63) is 30.0 Å². The average molecular weight is 203 g/mol. The summed E-state index contributed by atoms with van der Waals surface area (Å²) in [5.41, 5.74) is 9.38. The van der Waals surface area contributed by atoms with Crippen LogP contribution in [0.4, 0.5) is 5.69 Å². The van der Waals surface area contributed by atoms with E-state index in [1.165, 1.54) is 16.5 Å². The molecule has 0 bridgehead atoms. The highest BCUT2D eigenvalue weighted by atomic mass is 15.0. The first kappa shape index (κ1) is 10.1. The van der Waals surface area contributed by atoms with E-state index in [2.05, 4.69) is 29.1 Å². The fraction of sp³-hybridized carbons (Fsp3) is 0.333. The molecule has 80 valence electrons. The van der Waals surface area contributed by atoms with E-state index in [1.807, 2.05) is 19.2 Å². The molecule has 2 aromatic rings. The predicted molar refractivity (Wildman–Crippen MR) is 64.8 cm³/mol. The molecule has 3 heteroatoms. The van der Waals surface area contributed by atoms with Gasteiger partial charge in [-0.1, -0.05) is 6.07 Å². The van der Waals surface area contributed by atoms with Gasteiger partial charge in [-0.3, -0.25) is 0 Å². The molecule has 0 aliphatic carbocycles. The molecule has 1 heterocycles. The molecule has 0 radical (unpaired) electrons. The summed E-state index contributed by atoms with van der Waals surface area (Å²) < 4.78 is 2.23. The first-order valence-electron chi connectivity index (χ1n) is 5.28. The van der Waals surface area contributed by atoms with Gasteiger partial charge in [-0.2, -0.15) is 0 Å². The van der Waals surface area contributed by atoms with E-state index in [4.69, 9.17) is 5.73 Å². The van der Waals surface area contributed by atoms with Crippen LogP contribution in [-0.2, 0) is 13.1 Å². The van der Waals surface area contributed by atoms with Crippen molar-refractivity contribution in [2.45, 2.75) is 20.0 Å². The van der Waals surface area contributed by atoms with Crippen molar-refractivity contribution < 1.29 is 0 Å². The van der Waals surface area contributed by atoms with E-state index < -0.39 is 0 Å². The molecule has 0 amide bonds. The molecule has 0 saturated heterocycles. The molecule has 0 unspecified atom stereocenters. The number of benzene rings is 1. The summed E-state index contributed by atoms with van der Waals surface area (Å²) in [6, 6.07) is 6.09. The Kier molecular flexibility index (Phi) is 2.64. The maximum atomic E-state index is 6.01. The summed E-state index contributed by atoms with van der Waals surface area (Å²) >= 11 is 0. The summed E-state index contributed by atoms with van der Waals surface area (Å²) in [7, 11) is 1.95. The normalized spacial score (nSPS) is 11.1. The number of nitrogen functional groups attached to an aromatic ring is 1. The van der Waals surface area contributed by atoms with Crippen molar-refractivity contribution in [3.8, 4) is 0 Å². The Morgan fingerprint density at radius 1 is 1.40 bits per heavy atom. The third kappa shape index (κ3) is 1.59. The number of hydrogen-bond donors (Lipinski definition) is 2. The molecule has 2 rings (SSSR count). The van der Waals surface area contributed by atoms with Crippen LogP contribution in [0.5, 0.6) is 0 Å². The predicted octanol–water partition coefficient (Wildman–Crippen LogP) is 1.96. The zero-order valence-corrected chi connectivity index (χ0v) is 9.25. The molecular formula is C12H17N3. The van der Waals surface area contributed by atoms with Crippen molar-refractivity contribution in [2.75, 3.05) is 12.8 Å². The minimum atomic E-state index is 0.859. The van der Waals surface area contributed by atoms with Crippen molar-refractivity contribution in [1.29, 1.82) is 0 Å². The van der Waals surface area contributed by atoms with Gasteiger partial charge in [-0.05, 0) is 31.7 Å².